The van der Waals surface area contributed by atoms with E-state index in [0.29, 0.717) is 6.42 Å². The van der Waals surface area contributed by atoms with Crippen LogP contribution in [0.25, 0.3) is 10.8 Å². The summed E-state index contributed by atoms with van der Waals surface area (Å²) in [4.78, 5) is 15.8. The molecule has 0 fully saturated rings. The van der Waals surface area contributed by atoms with Crippen LogP contribution in [0.15, 0.2) is 28.9 Å². The van der Waals surface area contributed by atoms with Gasteiger partial charge in [0, 0.05) is 34.3 Å². The fraction of sp³-hybridized carbons (Fsp3) is 0.167. The lowest BCUT2D eigenvalue weighted by atomic mass is 10.0. The van der Waals surface area contributed by atoms with E-state index >= 15 is 0 Å². The number of hydrogen-bond acceptors (Lipinski definition) is 2. The van der Waals surface area contributed by atoms with Crippen molar-refractivity contribution in [3.05, 3.63) is 34.6 Å². The van der Waals surface area contributed by atoms with Gasteiger partial charge in [-0.25, -0.2) is 0 Å². The molecule has 3 nitrogen and oxygen atoms in total. The largest absolute Gasteiger partial charge is 0.324 e. The van der Waals surface area contributed by atoms with Crippen molar-refractivity contribution >= 4 is 38.3 Å². The van der Waals surface area contributed by atoms with Crippen LogP contribution in [0.3, 0.4) is 0 Å². The molecule has 2 heterocycles. The quantitative estimate of drug-likeness (QED) is 0.804. The monoisotopic (exact) mass is 276 g/mol. The van der Waals surface area contributed by atoms with Crippen molar-refractivity contribution in [2.24, 2.45) is 0 Å². The van der Waals surface area contributed by atoms with E-state index in [0.717, 1.165) is 33.0 Å². The Bertz CT molecular complexity index is 595. The number of rotatable bonds is 0. The van der Waals surface area contributed by atoms with E-state index in [4.69, 9.17) is 0 Å². The summed E-state index contributed by atoms with van der Waals surface area (Å²) in [5.74, 6) is 0.0711. The number of fused-ring (bicyclic) bond motifs is 3. The van der Waals surface area contributed by atoms with E-state index in [-0.39, 0.29) is 5.91 Å². The predicted octanol–water partition coefficient (Wildman–Crippen LogP) is 2.88. The second-order valence-electron chi connectivity index (χ2n) is 3.86. The van der Waals surface area contributed by atoms with Gasteiger partial charge in [-0.3, -0.25) is 9.78 Å². The second kappa shape index (κ2) is 3.56. The van der Waals surface area contributed by atoms with Crippen LogP contribution in [-0.4, -0.2) is 10.9 Å². The number of hydrogen-bond donors (Lipinski definition) is 1. The number of carbonyl (C=O) groups excluding carboxylic acids is 1. The maximum absolute atomic E-state index is 11.4. The van der Waals surface area contributed by atoms with Crippen LogP contribution < -0.4 is 5.32 Å². The van der Waals surface area contributed by atoms with Crippen LogP contribution >= 0.6 is 15.9 Å². The summed E-state index contributed by atoms with van der Waals surface area (Å²) in [7, 11) is 0. The Labute approximate surface area is 101 Å². The number of anilines is 1. The summed E-state index contributed by atoms with van der Waals surface area (Å²) in [5.41, 5.74) is 1.85. The molecule has 0 spiro atoms. The average Bonchev–Trinajstić information content (AvgIpc) is 2.29. The van der Waals surface area contributed by atoms with Crippen molar-refractivity contribution < 1.29 is 4.79 Å². The number of nitrogens with one attached hydrogen (secondary N) is 1. The lowest BCUT2D eigenvalue weighted by Gasteiger charge is -2.17. The fourth-order valence-corrected chi connectivity index (χ4v) is 2.35. The van der Waals surface area contributed by atoms with Crippen molar-refractivity contribution in [3.8, 4) is 0 Å². The molecular formula is C12H9BrN2O. The van der Waals surface area contributed by atoms with E-state index < -0.39 is 0 Å². The average molecular weight is 277 g/mol. The first-order valence-corrected chi connectivity index (χ1v) is 5.90. The molecule has 1 amide bonds. The smallest absolute Gasteiger partial charge is 0.224 e. The maximum atomic E-state index is 11.4. The Morgan fingerprint density at radius 2 is 2.19 bits per heavy atom. The van der Waals surface area contributed by atoms with Gasteiger partial charge in [0.05, 0.1) is 11.4 Å². The summed E-state index contributed by atoms with van der Waals surface area (Å²) < 4.78 is 1.01. The maximum Gasteiger partial charge on any atom is 0.224 e. The van der Waals surface area contributed by atoms with Gasteiger partial charge in [0.1, 0.15) is 0 Å². The normalized spacial score (nSPS) is 14.7. The van der Waals surface area contributed by atoms with Crippen LogP contribution in [0.2, 0.25) is 0 Å². The third-order valence-electron chi connectivity index (χ3n) is 2.79. The predicted molar refractivity (Wildman–Crippen MR) is 66.4 cm³/mol. The zero-order valence-corrected chi connectivity index (χ0v) is 10.0. The third-order valence-corrected chi connectivity index (χ3v) is 3.28. The number of carbonyl (C=O) groups is 1. The number of halogens is 1. The Kier molecular flexibility index (Phi) is 2.17. The molecule has 0 aliphatic carbocycles. The van der Waals surface area contributed by atoms with Crippen molar-refractivity contribution in [2.75, 3.05) is 5.32 Å². The van der Waals surface area contributed by atoms with Gasteiger partial charge in [-0.15, -0.1) is 0 Å². The molecule has 1 aliphatic rings. The molecule has 4 heteroatoms. The van der Waals surface area contributed by atoms with Gasteiger partial charge < -0.3 is 5.32 Å². The number of benzene rings is 1. The van der Waals surface area contributed by atoms with E-state index in [9.17, 15) is 4.79 Å². The van der Waals surface area contributed by atoms with Crippen molar-refractivity contribution in [3.63, 3.8) is 0 Å². The van der Waals surface area contributed by atoms with Gasteiger partial charge in [0.2, 0.25) is 5.91 Å². The molecule has 1 aromatic carbocycles. The molecule has 0 bridgehead atoms. The van der Waals surface area contributed by atoms with Gasteiger partial charge in [0.25, 0.3) is 0 Å². The zero-order valence-electron chi connectivity index (χ0n) is 8.46. The number of aromatic nitrogens is 1. The Balaban J connectivity index is 2.32. The first-order valence-electron chi connectivity index (χ1n) is 5.11. The van der Waals surface area contributed by atoms with E-state index in [1.165, 1.54) is 0 Å². The molecule has 0 atom stereocenters. The molecule has 1 aliphatic heterocycles. The summed E-state index contributed by atoms with van der Waals surface area (Å²) in [6.45, 7) is 0. The summed E-state index contributed by atoms with van der Waals surface area (Å²) in [6.07, 6.45) is 3.11. The number of nitrogens with zero attached hydrogens (tertiary/aromatic N) is 1. The van der Waals surface area contributed by atoms with Gasteiger partial charge in [0.15, 0.2) is 0 Å². The molecule has 80 valence electrons. The van der Waals surface area contributed by atoms with Gasteiger partial charge in [-0.1, -0.05) is 22.0 Å². The van der Waals surface area contributed by atoms with E-state index in [1.54, 1.807) is 0 Å². The van der Waals surface area contributed by atoms with E-state index in [1.807, 2.05) is 24.4 Å². The minimum absolute atomic E-state index is 0.0711. The SMILES string of the molecule is O=C1CCc2ncc3ccc(Br)cc3c2N1. The highest BCUT2D eigenvalue weighted by Crippen LogP contribution is 2.31. The Hall–Kier alpha value is -1.42. The molecule has 2 aromatic rings. The summed E-state index contributed by atoms with van der Waals surface area (Å²) in [5, 5.41) is 5.00. The standard InChI is InChI=1S/C12H9BrN2O/c13-8-2-1-7-6-14-10-3-4-11(16)15-12(10)9(7)5-8/h1-2,5-6H,3-4H2,(H,15,16). The van der Waals surface area contributed by atoms with Gasteiger partial charge >= 0.3 is 0 Å². The molecule has 0 unspecified atom stereocenters. The number of aryl methyl sites for hydroxylation is 1. The molecular weight excluding hydrogens is 268 g/mol. The van der Waals surface area contributed by atoms with Gasteiger partial charge in [-0.2, -0.15) is 0 Å². The molecule has 1 N–H and O–H groups in total. The van der Waals surface area contributed by atoms with Crippen molar-refractivity contribution in [1.29, 1.82) is 0 Å². The highest BCUT2D eigenvalue weighted by Gasteiger charge is 2.18. The fourth-order valence-electron chi connectivity index (χ4n) is 1.99. The molecule has 16 heavy (non-hydrogen) atoms. The minimum Gasteiger partial charge on any atom is -0.324 e. The topological polar surface area (TPSA) is 42.0 Å². The number of pyridine rings is 1. The molecule has 0 saturated heterocycles. The third kappa shape index (κ3) is 1.50. The summed E-state index contributed by atoms with van der Waals surface area (Å²) in [6, 6.07) is 5.98. The van der Waals surface area contributed by atoms with E-state index in [2.05, 4.69) is 26.2 Å². The van der Waals surface area contributed by atoms with Crippen molar-refractivity contribution in [1.82, 2.24) is 4.98 Å². The molecule has 0 saturated carbocycles. The van der Waals surface area contributed by atoms with Crippen LogP contribution in [0.4, 0.5) is 5.69 Å². The van der Waals surface area contributed by atoms with Crippen LogP contribution in [-0.2, 0) is 11.2 Å². The lowest BCUT2D eigenvalue weighted by Crippen LogP contribution is -2.20. The van der Waals surface area contributed by atoms with Crippen LogP contribution in [0, 0.1) is 0 Å². The zero-order chi connectivity index (χ0) is 11.1. The molecule has 1 aromatic heterocycles. The Morgan fingerprint density at radius 1 is 1.31 bits per heavy atom. The molecule has 0 radical (unpaired) electrons. The highest BCUT2D eigenvalue weighted by molar-refractivity contribution is 9.10. The Morgan fingerprint density at radius 3 is 3.06 bits per heavy atom. The molecule has 3 rings (SSSR count). The van der Waals surface area contributed by atoms with Gasteiger partial charge in [-0.05, 0) is 12.1 Å². The van der Waals surface area contributed by atoms with Crippen LogP contribution in [0.1, 0.15) is 12.1 Å². The van der Waals surface area contributed by atoms with Crippen LogP contribution in [0.5, 0.6) is 0 Å². The summed E-state index contributed by atoms with van der Waals surface area (Å²) >= 11 is 3.44. The highest BCUT2D eigenvalue weighted by atomic mass is 79.9. The second-order valence-corrected chi connectivity index (χ2v) is 4.78. The lowest BCUT2D eigenvalue weighted by molar-refractivity contribution is -0.116. The van der Waals surface area contributed by atoms with Crippen molar-refractivity contribution in [2.45, 2.75) is 12.8 Å². The minimum atomic E-state index is 0.0711. The first-order chi connectivity index (χ1) is 7.74. The first kappa shape index (κ1) is 9.78. The number of amides is 1.